The number of aliphatic imine (C=N–C) groups is 1. The van der Waals surface area contributed by atoms with Gasteiger partial charge in [-0.05, 0) is 51.5 Å². The van der Waals surface area contributed by atoms with E-state index in [9.17, 15) is 0 Å². The summed E-state index contributed by atoms with van der Waals surface area (Å²) in [4.78, 5) is 7.32. The topological polar surface area (TPSA) is 79.6 Å². The average Bonchev–Trinajstić information content (AvgIpc) is 3.09. The second-order valence-corrected chi connectivity index (χ2v) is 8.77. The van der Waals surface area contributed by atoms with Gasteiger partial charge in [0.25, 0.3) is 0 Å². The molecule has 178 valence electrons. The van der Waals surface area contributed by atoms with Crippen LogP contribution in [0.25, 0.3) is 0 Å². The molecule has 0 radical (unpaired) electrons. The van der Waals surface area contributed by atoms with Crippen molar-refractivity contribution < 1.29 is 4.74 Å². The van der Waals surface area contributed by atoms with E-state index >= 15 is 0 Å². The Labute approximate surface area is 205 Å². The van der Waals surface area contributed by atoms with E-state index in [4.69, 9.17) is 9.73 Å². The molecule has 1 aliphatic heterocycles. The predicted octanol–water partition coefficient (Wildman–Crippen LogP) is 2.86. The van der Waals surface area contributed by atoms with Crippen LogP contribution in [0.1, 0.15) is 63.5 Å². The second kappa shape index (κ2) is 14.3. The van der Waals surface area contributed by atoms with Gasteiger partial charge in [-0.25, -0.2) is 4.99 Å². The lowest BCUT2D eigenvalue weighted by atomic mass is 9.83. The summed E-state index contributed by atoms with van der Waals surface area (Å²) in [6.45, 7) is 10.7. The van der Waals surface area contributed by atoms with Gasteiger partial charge in [-0.15, -0.1) is 34.2 Å². The third-order valence-corrected chi connectivity index (χ3v) is 6.49. The number of nitrogens with one attached hydrogen (secondary N) is 2. The molecule has 1 aromatic heterocycles. The number of rotatable bonds is 9. The molecule has 0 spiro atoms. The minimum absolute atomic E-state index is 0. The van der Waals surface area contributed by atoms with E-state index < -0.39 is 0 Å². The van der Waals surface area contributed by atoms with Crippen molar-refractivity contribution in [2.24, 2.45) is 18.0 Å². The monoisotopic (exact) mass is 547 g/mol. The minimum Gasteiger partial charge on any atom is -0.379 e. The van der Waals surface area contributed by atoms with Crippen LogP contribution in [0.3, 0.4) is 0 Å². The van der Waals surface area contributed by atoms with Gasteiger partial charge in [0, 0.05) is 32.7 Å². The van der Waals surface area contributed by atoms with Crippen LogP contribution in [-0.4, -0.2) is 71.1 Å². The van der Waals surface area contributed by atoms with Crippen molar-refractivity contribution in [3.8, 4) is 0 Å². The SMILES string of the molecule is CCCC1CCC(NC(=NCc2nnc(C)n2C)NCCCN2CCOCC2)CC1.I. The maximum Gasteiger partial charge on any atom is 0.191 e. The molecule has 8 nitrogen and oxygen atoms in total. The van der Waals surface area contributed by atoms with Gasteiger partial charge in [-0.2, -0.15) is 0 Å². The highest BCUT2D eigenvalue weighted by Crippen LogP contribution is 2.27. The molecule has 0 unspecified atom stereocenters. The van der Waals surface area contributed by atoms with Crippen LogP contribution in [0, 0.1) is 12.8 Å². The lowest BCUT2D eigenvalue weighted by Gasteiger charge is -2.30. The molecule has 0 bridgehead atoms. The fourth-order valence-electron chi connectivity index (χ4n) is 4.42. The number of guanidine groups is 1. The quantitative estimate of drug-likeness (QED) is 0.214. The smallest absolute Gasteiger partial charge is 0.191 e. The molecule has 2 N–H and O–H groups in total. The van der Waals surface area contributed by atoms with Crippen molar-refractivity contribution in [1.29, 1.82) is 0 Å². The Hall–Kier alpha value is -0.940. The van der Waals surface area contributed by atoms with Gasteiger partial charge in [0.05, 0.1) is 13.2 Å². The molecule has 1 aromatic rings. The maximum absolute atomic E-state index is 5.44. The van der Waals surface area contributed by atoms with Crippen LogP contribution in [0.4, 0.5) is 0 Å². The van der Waals surface area contributed by atoms with E-state index in [1.54, 1.807) is 0 Å². The van der Waals surface area contributed by atoms with Crippen LogP contribution in [0.2, 0.25) is 0 Å². The highest BCUT2D eigenvalue weighted by Gasteiger charge is 2.21. The van der Waals surface area contributed by atoms with Crippen molar-refractivity contribution in [2.45, 2.75) is 71.4 Å². The molecule has 1 aliphatic carbocycles. The summed E-state index contributed by atoms with van der Waals surface area (Å²) in [5.74, 6) is 3.64. The molecule has 2 heterocycles. The zero-order chi connectivity index (χ0) is 21.2. The van der Waals surface area contributed by atoms with Crippen LogP contribution >= 0.6 is 24.0 Å². The molecule has 0 aromatic carbocycles. The van der Waals surface area contributed by atoms with Gasteiger partial charge in [0.15, 0.2) is 11.8 Å². The number of hydrogen-bond acceptors (Lipinski definition) is 5. The maximum atomic E-state index is 5.44. The Morgan fingerprint density at radius 1 is 1.16 bits per heavy atom. The number of morpholine rings is 1. The van der Waals surface area contributed by atoms with Crippen molar-refractivity contribution in [1.82, 2.24) is 30.3 Å². The third kappa shape index (κ3) is 8.84. The van der Waals surface area contributed by atoms with E-state index in [2.05, 4.69) is 32.7 Å². The second-order valence-electron chi connectivity index (χ2n) is 8.77. The molecule has 1 saturated carbocycles. The number of aryl methyl sites for hydroxylation is 1. The number of ether oxygens (including phenoxy) is 1. The van der Waals surface area contributed by atoms with E-state index in [0.29, 0.717) is 12.6 Å². The molecule has 2 aliphatic rings. The van der Waals surface area contributed by atoms with Gasteiger partial charge < -0.3 is 19.9 Å². The van der Waals surface area contributed by atoms with Gasteiger partial charge in [0.1, 0.15) is 12.4 Å². The van der Waals surface area contributed by atoms with Crippen molar-refractivity contribution in [3.63, 3.8) is 0 Å². The van der Waals surface area contributed by atoms with Gasteiger partial charge in [0.2, 0.25) is 0 Å². The molecule has 0 amide bonds. The largest absolute Gasteiger partial charge is 0.379 e. The molecule has 2 fully saturated rings. The summed E-state index contributed by atoms with van der Waals surface area (Å²) >= 11 is 0. The fraction of sp³-hybridized carbons (Fsp3) is 0.864. The first-order chi connectivity index (χ1) is 14.7. The lowest BCUT2D eigenvalue weighted by Crippen LogP contribution is -2.46. The number of aromatic nitrogens is 3. The molecule has 0 atom stereocenters. The normalized spacial score (nSPS) is 22.7. The molecule has 31 heavy (non-hydrogen) atoms. The molecule has 1 saturated heterocycles. The Bertz CT molecular complexity index is 652. The van der Waals surface area contributed by atoms with E-state index in [1.165, 1.54) is 38.5 Å². The standard InChI is InChI=1S/C22H41N7O.HI/c1-4-6-19-7-9-20(10-8-19)25-22(24-17-21-27-26-18(2)28(21)3)23-11-5-12-29-13-15-30-16-14-29;/h19-20H,4-17H2,1-3H3,(H2,23,24,25);1H. The summed E-state index contributed by atoms with van der Waals surface area (Å²) in [5.41, 5.74) is 0. The fourth-order valence-corrected chi connectivity index (χ4v) is 4.42. The first-order valence-electron chi connectivity index (χ1n) is 11.9. The zero-order valence-corrected chi connectivity index (χ0v) is 21.9. The molecule has 9 heteroatoms. The summed E-state index contributed by atoms with van der Waals surface area (Å²) in [6.07, 6.45) is 8.92. The Kier molecular flexibility index (Phi) is 12.1. The molecular formula is C22H42IN7O. The van der Waals surface area contributed by atoms with Crippen molar-refractivity contribution in [2.75, 3.05) is 39.4 Å². The van der Waals surface area contributed by atoms with Crippen LogP contribution in [0.15, 0.2) is 4.99 Å². The third-order valence-electron chi connectivity index (χ3n) is 6.49. The number of halogens is 1. The molecule has 3 rings (SSSR count). The molecular weight excluding hydrogens is 505 g/mol. The summed E-state index contributed by atoms with van der Waals surface area (Å²) in [7, 11) is 2.00. The summed E-state index contributed by atoms with van der Waals surface area (Å²) < 4.78 is 7.45. The highest BCUT2D eigenvalue weighted by atomic mass is 127. The lowest BCUT2D eigenvalue weighted by molar-refractivity contribution is 0.0376. The van der Waals surface area contributed by atoms with Crippen molar-refractivity contribution >= 4 is 29.9 Å². The van der Waals surface area contributed by atoms with E-state index in [1.807, 2.05) is 18.5 Å². The first-order valence-corrected chi connectivity index (χ1v) is 11.9. The van der Waals surface area contributed by atoms with E-state index in [-0.39, 0.29) is 24.0 Å². The Morgan fingerprint density at radius 3 is 2.55 bits per heavy atom. The van der Waals surface area contributed by atoms with Gasteiger partial charge in [-0.1, -0.05) is 19.8 Å². The summed E-state index contributed by atoms with van der Waals surface area (Å²) in [6, 6.07) is 0.518. The van der Waals surface area contributed by atoms with Gasteiger partial charge in [-0.3, -0.25) is 4.90 Å². The summed E-state index contributed by atoms with van der Waals surface area (Å²) in [5, 5.41) is 15.7. The van der Waals surface area contributed by atoms with Gasteiger partial charge >= 0.3 is 0 Å². The minimum atomic E-state index is 0. The van der Waals surface area contributed by atoms with Crippen LogP contribution < -0.4 is 10.6 Å². The van der Waals surface area contributed by atoms with Crippen molar-refractivity contribution in [3.05, 3.63) is 11.6 Å². The average molecular weight is 548 g/mol. The number of hydrogen-bond donors (Lipinski definition) is 2. The Morgan fingerprint density at radius 2 is 1.90 bits per heavy atom. The zero-order valence-electron chi connectivity index (χ0n) is 19.6. The van der Waals surface area contributed by atoms with Crippen LogP contribution in [0.5, 0.6) is 0 Å². The van der Waals surface area contributed by atoms with E-state index in [0.717, 1.165) is 69.3 Å². The Balaban J connectivity index is 0.00000341. The highest BCUT2D eigenvalue weighted by molar-refractivity contribution is 14.0. The van der Waals surface area contributed by atoms with Crippen LogP contribution in [-0.2, 0) is 18.3 Å². The predicted molar refractivity (Wildman–Crippen MR) is 136 cm³/mol. The number of nitrogens with zero attached hydrogens (tertiary/aromatic N) is 5. The first kappa shape index (κ1) is 26.3.